The Morgan fingerprint density at radius 1 is 0.931 bits per heavy atom. The van der Waals surface area contributed by atoms with Crippen molar-refractivity contribution in [3.8, 4) is 0 Å². The number of hydrogen-bond acceptors (Lipinski definition) is 5. The van der Waals surface area contributed by atoms with Crippen molar-refractivity contribution in [1.82, 2.24) is 10.4 Å². The first-order chi connectivity index (χ1) is 14.1. The maximum absolute atomic E-state index is 12.7. The number of carbonyl (C=O) groups is 2. The van der Waals surface area contributed by atoms with E-state index in [-0.39, 0.29) is 19.3 Å². The van der Waals surface area contributed by atoms with Crippen LogP contribution in [0, 0.1) is 0 Å². The van der Waals surface area contributed by atoms with Crippen molar-refractivity contribution in [3.05, 3.63) is 71.8 Å². The Hall–Kier alpha value is -3.06. The molecule has 7 heteroatoms. The number of hydrazine groups is 1. The largest absolute Gasteiger partial charge is 0.443 e. The van der Waals surface area contributed by atoms with Crippen molar-refractivity contribution in [3.63, 3.8) is 0 Å². The van der Waals surface area contributed by atoms with Crippen LogP contribution in [0.1, 0.15) is 36.8 Å². The number of aliphatic hydroxyl groups is 1. The maximum Gasteiger partial charge on any atom is 0.429 e. The molecule has 0 saturated heterocycles. The zero-order valence-electron chi connectivity index (χ0n) is 16.2. The van der Waals surface area contributed by atoms with Crippen LogP contribution in [0.2, 0.25) is 0 Å². The molecule has 1 fully saturated rings. The van der Waals surface area contributed by atoms with E-state index in [9.17, 15) is 14.7 Å². The molecule has 2 aromatic rings. The van der Waals surface area contributed by atoms with Crippen LogP contribution in [0.15, 0.2) is 60.7 Å². The van der Waals surface area contributed by atoms with Gasteiger partial charge >= 0.3 is 12.2 Å². The molecule has 2 amide bonds. The van der Waals surface area contributed by atoms with Gasteiger partial charge in [-0.25, -0.2) is 20.0 Å². The van der Waals surface area contributed by atoms with Crippen molar-refractivity contribution < 1.29 is 24.2 Å². The second-order valence-corrected chi connectivity index (χ2v) is 7.06. The zero-order chi connectivity index (χ0) is 20.5. The Kier molecular flexibility index (Phi) is 7.47. The highest BCUT2D eigenvalue weighted by molar-refractivity contribution is 5.74. The minimum atomic E-state index is -0.745. The van der Waals surface area contributed by atoms with Gasteiger partial charge in [-0.05, 0) is 36.8 Å². The topological polar surface area (TPSA) is 88.1 Å². The minimum absolute atomic E-state index is 0.0895. The molecule has 2 unspecified atom stereocenters. The maximum atomic E-state index is 12.7. The molecular formula is C22H26N2O5. The summed E-state index contributed by atoms with van der Waals surface area (Å²) in [5.41, 5.74) is 4.19. The van der Waals surface area contributed by atoms with Gasteiger partial charge in [-0.2, -0.15) is 0 Å². The summed E-state index contributed by atoms with van der Waals surface area (Å²) in [7, 11) is 0. The summed E-state index contributed by atoms with van der Waals surface area (Å²) >= 11 is 0. The monoisotopic (exact) mass is 398 g/mol. The van der Waals surface area contributed by atoms with Gasteiger partial charge in [0, 0.05) is 0 Å². The molecule has 0 aromatic heterocycles. The number of ether oxygens (including phenoxy) is 2. The van der Waals surface area contributed by atoms with Crippen LogP contribution in [0.4, 0.5) is 9.59 Å². The number of rotatable bonds is 5. The molecule has 1 aliphatic carbocycles. The smallest absolute Gasteiger partial charge is 0.429 e. The van der Waals surface area contributed by atoms with Crippen LogP contribution >= 0.6 is 0 Å². The van der Waals surface area contributed by atoms with Crippen LogP contribution in [0.5, 0.6) is 0 Å². The van der Waals surface area contributed by atoms with Crippen LogP contribution in [-0.4, -0.2) is 34.4 Å². The van der Waals surface area contributed by atoms with Crippen LogP contribution < -0.4 is 5.43 Å². The van der Waals surface area contributed by atoms with Crippen molar-refractivity contribution in [2.75, 3.05) is 0 Å². The highest BCUT2D eigenvalue weighted by atomic mass is 16.6. The van der Waals surface area contributed by atoms with E-state index < -0.39 is 18.3 Å². The number of amides is 2. The molecule has 0 bridgehead atoms. The first-order valence-electron chi connectivity index (χ1n) is 9.77. The number of aliphatic hydroxyl groups excluding tert-OH is 1. The number of carbonyl (C=O) groups excluding carboxylic acids is 2. The summed E-state index contributed by atoms with van der Waals surface area (Å²) in [4.78, 5) is 25.0. The number of benzene rings is 2. The summed E-state index contributed by atoms with van der Waals surface area (Å²) in [6.07, 6.45) is 0.544. The summed E-state index contributed by atoms with van der Waals surface area (Å²) < 4.78 is 10.6. The third kappa shape index (κ3) is 6.50. The molecule has 2 N–H and O–H groups in total. The first kappa shape index (κ1) is 20.7. The normalized spacial score (nSPS) is 18.5. The van der Waals surface area contributed by atoms with Crippen LogP contribution in [-0.2, 0) is 22.7 Å². The molecule has 0 heterocycles. The lowest BCUT2D eigenvalue weighted by Crippen LogP contribution is -2.54. The second-order valence-electron chi connectivity index (χ2n) is 7.06. The van der Waals surface area contributed by atoms with Crippen molar-refractivity contribution in [1.29, 1.82) is 0 Å². The molecule has 2 atom stereocenters. The van der Waals surface area contributed by atoms with E-state index in [0.29, 0.717) is 19.3 Å². The quantitative estimate of drug-likeness (QED) is 0.749. The van der Waals surface area contributed by atoms with E-state index in [4.69, 9.17) is 9.47 Å². The molecule has 154 valence electrons. The standard InChI is InChI=1S/C22H26N2O5/c25-20-13-7-12-19(14-20)24(22(27)29-16-18-10-5-2-6-11-18)23-21(26)28-15-17-8-3-1-4-9-17/h1-6,8-11,19-20,25H,7,12-16H2,(H,23,26). The van der Waals surface area contributed by atoms with Gasteiger partial charge in [-0.3, -0.25) is 0 Å². The fraction of sp³-hybridized carbons (Fsp3) is 0.364. The van der Waals surface area contributed by atoms with Gasteiger partial charge in [0.25, 0.3) is 0 Å². The van der Waals surface area contributed by atoms with E-state index in [0.717, 1.165) is 22.6 Å². The summed E-state index contributed by atoms with van der Waals surface area (Å²) in [6.45, 7) is 0.180. The van der Waals surface area contributed by atoms with E-state index in [1.807, 2.05) is 60.7 Å². The third-order valence-corrected chi connectivity index (χ3v) is 4.81. The molecule has 0 aliphatic heterocycles. The van der Waals surface area contributed by atoms with Gasteiger partial charge in [-0.15, -0.1) is 0 Å². The Morgan fingerprint density at radius 3 is 2.10 bits per heavy atom. The fourth-order valence-electron chi connectivity index (χ4n) is 3.30. The predicted molar refractivity (Wildman–Crippen MR) is 106 cm³/mol. The van der Waals surface area contributed by atoms with Crippen molar-refractivity contribution in [2.24, 2.45) is 0 Å². The van der Waals surface area contributed by atoms with Crippen LogP contribution in [0.25, 0.3) is 0 Å². The van der Waals surface area contributed by atoms with Crippen molar-refractivity contribution in [2.45, 2.75) is 51.0 Å². The zero-order valence-corrected chi connectivity index (χ0v) is 16.2. The van der Waals surface area contributed by atoms with Gasteiger partial charge in [0.1, 0.15) is 13.2 Å². The molecule has 0 radical (unpaired) electrons. The average molecular weight is 398 g/mol. The SMILES string of the molecule is O=C(NN(C(=O)OCc1ccccc1)C1CCCC(O)C1)OCc1ccccc1. The summed E-state index contributed by atoms with van der Waals surface area (Å²) in [6, 6.07) is 18.2. The average Bonchev–Trinajstić information content (AvgIpc) is 2.76. The number of hydrogen-bond donors (Lipinski definition) is 2. The summed E-state index contributed by atoms with van der Waals surface area (Å²) in [5, 5.41) is 11.1. The molecule has 2 aromatic carbocycles. The fourth-order valence-corrected chi connectivity index (χ4v) is 3.30. The first-order valence-corrected chi connectivity index (χ1v) is 9.77. The van der Waals surface area contributed by atoms with Gasteiger partial charge < -0.3 is 14.6 Å². The Balaban J connectivity index is 1.60. The van der Waals surface area contributed by atoms with Gasteiger partial charge in [0.05, 0.1) is 12.1 Å². The van der Waals surface area contributed by atoms with E-state index in [2.05, 4.69) is 5.43 Å². The second kappa shape index (κ2) is 10.5. The Bertz CT molecular complexity index is 784. The van der Waals surface area contributed by atoms with Crippen molar-refractivity contribution >= 4 is 12.2 Å². The Morgan fingerprint density at radius 2 is 1.52 bits per heavy atom. The number of nitrogens with one attached hydrogen (secondary N) is 1. The molecule has 0 spiro atoms. The van der Waals surface area contributed by atoms with E-state index in [1.54, 1.807) is 0 Å². The molecule has 1 aliphatic rings. The Labute approximate surface area is 170 Å². The highest BCUT2D eigenvalue weighted by Gasteiger charge is 2.32. The molecular weight excluding hydrogens is 372 g/mol. The molecule has 7 nitrogen and oxygen atoms in total. The predicted octanol–water partition coefficient (Wildman–Crippen LogP) is 3.77. The minimum Gasteiger partial charge on any atom is -0.443 e. The number of nitrogens with zero attached hydrogens (tertiary/aromatic N) is 1. The third-order valence-electron chi connectivity index (χ3n) is 4.81. The highest BCUT2D eigenvalue weighted by Crippen LogP contribution is 2.23. The van der Waals surface area contributed by atoms with Gasteiger partial charge in [0.15, 0.2) is 0 Å². The van der Waals surface area contributed by atoms with Gasteiger partial charge in [-0.1, -0.05) is 60.7 Å². The lowest BCUT2D eigenvalue weighted by atomic mass is 9.93. The van der Waals surface area contributed by atoms with E-state index in [1.165, 1.54) is 0 Å². The lowest BCUT2D eigenvalue weighted by molar-refractivity contribution is 0.0162. The molecule has 29 heavy (non-hydrogen) atoms. The lowest BCUT2D eigenvalue weighted by Gasteiger charge is -2.34. The summed E-state index contributed by atoms with van der Waals surface area (Å²) in [5.74, 6) is 0. The van der Waals surface area contributed by atoms with Crippen LogP contribution in [0.3, 0.4) is 0 Å². The van der Waals surface area contributed by atoms with Gasteiger partial charge in [0.2, 0.25) is 0 Å². The molecule has 3 rings (SSSR count). The van der Waals surface area contributed by atoms with E-state index >= 15 is 0 Å². The molecule has 1 saturated carbocycles.